The fraction of sp³-hybridized carbons (Fsp3) is 0.190. The van der Waals surface area contributed by atoms with Gasteiger partial charge in [-0.15, -0.1) is 0 Å². The van der Waals surface area contributed by atoms with Crippen LogP contribution in [0.25, 0.3) is 0 Å². The minimum Gasteiger partial charge on any atom is -0.348 e. The smallest absolute Gasteiger partial charge is 0.254 e. The Hall–Kier alpha value is -2.81. The number of fused-ring (bicyclic) bond motifs is 1. The van der Waals surface area contributed by atoms with E-state index in [0.717, 1.165) is 12.1 Å². The number of aromatic nitrogens is 1. The Morgan fingerprint density at radius 1 is 0.958 bits per heavy atom. The van der Waals surface area contributed by atoms with Gasteiger partial charge < -0.3 is 9.47 Å². The molecule has 3 heteroatoms. The van der Waals surface area contributed by atoms with Crippen LogP contribution in [0.1, 0.15) is 33.2 Å². The summed E-state index contributed by atoms with van der Waals surface area (Å²) in [5.74, 6) is 0.0922. The number of hydrogen-bond donors (Lipinski definition) is 0. The van der Waals surface area contributed by atoms with Crippen LogP contribution in [-0.2, 0) is 6.54 Å². The highest BCUT2D eigenvalue weighted by Gasteiger charge is 2.32. The number of hydrogen-bond acceptors (Lipinski definition) is 1. The molecule has 0 aliphatic carbocycles. The topological polar surface area (TPSA) is 25.2 Å². The number of amides is 1. The zero-order chi connectivity index (χ0) is 16.5. The SMILES string of the molecule is Cc1cccc(C2c3cccn3CCN2C(=O)c2ccccc2)c1. The molecule has 0 bridgehead atoms. The minimum absolute atomic E-state index is 0.0404. The largest absolute Gasteiger partial charge is 0.348 e. The van der Waals surface area contributed by atoms with Gasteiger partial charge in [0.25, 0.3) is 5.91 Å². The van der Waals surface area contributed by atoms with Gasteiger partial charge in [0.05, 0.1) is 6.04 Å². The number of aryl methyl sites for hydroxylation is 1. The van der Waals surface area contributed by atoms with Crippen LogP contribution in [0.3, 0.4) is 0 Å². The number of benzene rings is 2. The predicted octanol–water partition coefficient (Wildman–Crippen LogP) is 4.04. The van der Waals surface area contributed by atoms with Crippen molar-refractivity contribution in [3.8, 4) is 0 Å². The molecule has 2 aromatic carbocycles. The lowest BCUT2D eigenvalue weighted by Crippen LogP contribution is -2.42. The van der Waals surface area contributed by atoms with Gasteiger partial charge in [-0.1, -0.05) is 48.0 Å². The average Bonchev–Trinajstić information content (AvgIpc) is 3.09. The van der Waals surface area contributed by atoms with Crippen LogP contribution in [0.2, 0.25) is 0 Å². The van der Waals surface area contributed by atoms with Crippen molar-refractivity contribution in [2.24, 2.45) is 0 Å². The second kappa shape index (κ2) is 6.00. The highest BCUT2D eigenvalue weighted by Crippen LogP contribution is 2.33. The molecule has 1 aliphatic rings. The molecule has 3 nitrogen and oxygen atoms in total. The molecule has 24 heavy (non-hydrogen) atoms. The van der Waals surface area contributed by atoms with Crippen LogP contribution in [0.15, 0.2) is 72.9 Å². The third kappa shape index (κ3) is 2.52. The molecule has 0 radical (unpaired) electrons. The second-order valence-electron chi connectivity index (χ2n) is 6.31. The first-order valence-electron chi connectivity index (χ1n) is 8.31. The highest BCUT2D eigenvalue weighted by molar-refractivity contribution is 5.94. The van der Waals surface area contributed by atoms with Crippen LogP contribution >= 0.6 is 0 Å². The predicted molar refractivity (Wildman–Crippen MR) is 94.9 cm³/mol. The minimum atomic E-state index is -0.0404. The molecule has 1 atom stereocenters. The Kier molecular flexibility index (Phi) is 3.69. The highest BCUT2D eigenvalue weighted by atomic mass is 16.2. The van der Waals surface area contributed by atoms with Crippen molar-refractivity contribution in [1.29, 1.82) is 0 Å². The molecule has 0 saturated heterocycles. The van der Waals surface area contributed by atoms with E-state index >= 15 is 0 Å². The number of carbonyl (C=O) groups is 1. The third-order valence-corrected chi connectivity index (χ3v) is 4.68. The summed E-state index contributed by atoms with van der Waals surface area (Å²) < 4.78 is 2.25. The summed E-state index contributed by atoms with van der Waals surface area (Å²) in [6.45, 7) is 3.64. The molecule has 2 heterocycles. The van der Waals surface area contributed by atoms with E-state index in [1.807, 2.05) is 35.2 Å². The summed E-state index contributed by atoms with van der Waals surface area (Å²) in [6.07, 6.45) is 2.10. The Balaban J connectivity index is 1.80. The van der Waals surface area contributed by atoms with Gasteiger partial charge in [0, 0.05) is 30.5 Å². The normalized spacial score (nSPS) is 16.7. The van der Waals surface area contributed by atoms with E-state index < -0.39 is 0 Å². The average molecular weight is 316 g/mol. The first-order valence-corrected chi connectivity index (χ1v) is 8.31. The van der Waals surface area contributed by atoms with E-state index in [2.05, 4.69) is 54.1 Å². The lowest BCUT2D eigenvalue weighted by atomic mass is 9.97. The monoisotopic (exact) mass is 316 g/mol. The van der Waals surface area contributed by atoms with Crippen LogP contribution in [-0.4, -0.2) is 21.9 Å². The second-order valence-corrected chi connectivity index (χ2v) is 6.31. The lowest BCUT2D eigenvalue weighted by molar-refractivity contribution is 0.0664. The summed E-state index contributed by atoms with van der Waals surface area (Å²) in [7, 11) is 0. The molecule has 0 fully saturated rings. The van der Waals surface area contributed by atoms with Crippen molar-refractivity contribution in [2.75, 3.05) is 6.54 Å². The van der Waals surface area contributed by atoms with Crippen molar-refractivity contribution in [3.63, 3.8) is 0 Å². The first-order chi connectivity index (χ1) is 11.7. The van der Waals surface area contributed by atoms with Gasteiger partial charge in [-0.25, -0.2) is 0 Å². The molecule has 1 unspecified atom stereocenters. The first kappa shape index (κ1) is 14.8. The van der Waals surface area contributed by atoms with E-state index in [0.29, 0.717) is 6.54 Å². The molecule has 120 valence electrons. The van der Waals surface area contributed by atoms with Gasteiger partial charge in [0.2, 0.25) is 0 Å². The summed E-state index contributed by atoms with van der Waals surface area (Å²) >= 11 is 0. The molecule has 4 rings (SSSR count). The van der Waals surface area contributed by atoms with Crippen molar-refractivity contribution in [2.45, 2.75) is 19.5 Å². The summed E-state index contributed by atoms with van der Waals surface area (Å²) in [5, 5.41) is 0. The maximum atomic E-state index is 13.1. The molecule has 3 aromatic rings. The standard InChI is InChI=1S/C21H20N2O/c1-16-7-5-10-18(15-16)20-19-11-6-12-22(19)13-14-23(20)21(24)17-8-3-2-4-9-17/h2-12,15,20H,13-14H2,1H3. The number of nitrogens with zero attached hydrogens (tertiary/aromatic N) is 2. The van der Waals surface area contributed by atoms with Gasteiger partial charge in [0.15, 0.2) is 0 Å². The van der Waals surface area contributed by atoms with Crippen molar-refractivity contribution in [3.05, 3.63) is 95.3 Å². The summed E-state index contributed by atoms with van der Waals surface area (Å²) in [4.78, 5) is 15.1. The molecular weight excluding hydrogens is 296 g/mol. The van der Waals surface area contributed by atoms with Crippen LogP contribution < -0.4 is 0 Å². The molecule has 1 aliphatic heterocycles. The number of rotatable bonds is 2. The Morgan fingerprint density at radius 2 is 1.79 bits per heavy atom. The van der Waals surface area contributed by atoms with Crippen LogP contribution in [0, 0.1) is 6.92 Å². The zero-order valence-corrected chi connectivity index (χ0v) is 13.7. The zero-order valence-electron chi connectivity index (χ0n) is 13.7. The molecule has 1 amide bonds. The third-order valence-electron chi connectivity index (χ3n) is 4.68. The van der Waals surface area contributed by atoms with E-state index in [-0.39, 0.29) is 11.9 Å². The van der Waals surface area contributed by atoms with Crippen LogP contribution in [0.5, 0.6) is 0 Å². The fourth-order valence-electron chi connectivity index (χ4n) is 3.54. The Bertz CT molecular complexity index is 866. The lowest BCUT2D eigenvalue weighted by Gasteiger charge is -2.37. The molecule has 0 spiro atoms. The summed E-state index contributed by atoms with van der Waals surface area (Å²) in [5.41, 5.74) is 4.30. The molecular formula is C21H20N2O. The maximum Gasteiger partial charge on any atom is 0.254 e. The van der Waals surface area contributed by atoms with Gasteiger partial charge in [-0.3, -0.25) is 4.79 Å². The van der Waals surface area contributed by atoms with Gasteiger partial charge in [-0.2, -0.15) is 0 Å². The van der Waals surface area contributed by atoms with Crippen molar-refractivity contribution in [1.82, 2.24) is 9.47 Å². The van der Waals surface area contributed by atoms with E-state index in [9.17, 15) is 4.79 Å². The molecule has 0 saturated carbocycles. The van der Waals surface area contributed by atoms with Crippen molar-refractivity contribution < 1.29 is 4.79 Å². The van der Waals surface area contributed by atoms with Gasteiger partial charge >= 0.3 is 0 Å². The fourth-order valence-corrected chi connectivity index (χ4v) is 3.54. The number of carbonyl (C=O) groups excluding carboxylic acids is 1. The quantitative estimate of drug-likeness (QED) is 0.700. The maximum absolute atomic E-state index is 13.1. The van der Waals surface area contributed by atoms with E-state index in [1.54, 1.807) is 0 Å². The van der Waals surface area contributed by atoms with Crippen LogP contribution in [0.4, 0.5) is 0 Å². The molecule has 0 N–H and O–H groups in total. The van der Waals surface area contributed by atoms with Gasteiger partial charge in [-0.05, 0) is 36.8 Å². The van der Waals surface area contributed by atoms with Gasteiger partial charge in [0.1, 0.15) is 0 Å². The van der Waals surface area contributed by atoms with E-state index in [4.69, 9.17) is 0 Å². The molecule has 1 aromatic heterocycles. The summed E-state index contributed by atoms with van der Waals surface area (Å²) in [6, 6.07) is 22.2. The Morgan fingerprint density at radius 3 is 2.58 bits per heavy atom. The van der Waals surface area contributed by atoms with E-state index in [1.165, 1.54) is 16.8 Å². The Labute approximate surface area is 142 Å². The van der Waals surface area contributed by atoms with Crippen molar-refractivity contribution >= 4 is 5.91 Å².